The molecule has 1 aliphatic rings. The Labute approximate surface area is 202 Å². The molecule has 3 aromatic heterocycles. The van der Waals surface area contributed by atoms with Crippen molar-refractivity contribution < 1.29 is 9.84 Å². The minimum atomic E-state index is -0.136. The fraction of sp³-hybridized carbons (Fsp3) is 0.346. The smallest absolute Gasteiger partial charge is 0.275 e. The summed E-state index contributed by atoms with van der Waals surface area (Å²) in [4.78, 5) is 25.3. The van der Waals surface area contributed by atoms with Crippen LogP contribution in [0, 0.1) is 5.41 Å². The van der Waals surface area contributed by atoms with E-state index in [4.69, 9.17) is 4.74 Å². The third-order valence-corrected chi connectivity index (χ3v) is 8.03. The van der Waals surface area contributed by atoms with E-state index in [0.717, 1.165) is 30.1 Å². The number of phenolic OH excluding ortho intramolecular Hbond substituents is 1. The first-order chi connectivity index (χ1) is 16.5. The summed E-state index contributed by atoms with van der Waals surface area (Å²) in [6.45, 7) is 8.32. The molecule has 0 spiro atoms. The lowest BCUT2D eigenvalue weighted by Gasteiger charge is -2.49. The van der Waals surface area contributed by atoms with Gasteiger partial charge in [0, 0.05) is 30.6 Å². The number of likely N-dealkylation sites (tertiary alicyclic amines) is 1. The van der Waals surface area contributed by atoms with Gasteiger partial charge in [0.1, 0.15) is 23.4 Å². The fourth-order valence-electron chi connectivity index (χ4n) is 4.50. The number of benzene rings is 1. The van der Waals surface area contributed by atoms with Crippen LogP contribution in [0.2, 0.25) is 0 Å². The lowest BCUT2D eigenvalue weighted by molar-refractivity contribution is -0.0131. The van der Waals surface area contributed by atoms with Gasteiger partial charge in [-0.25, -0.2) is 9.97 Å². The van der Waals surface area contributed by atoms with Gasteiger partial charge in [-0.15, -0.1) is 11.3 Å². The maximum absolute atomic E-state index is 13.1. The Bertz CT molecular complexity index is 1330. The van der Waals surface area contributed by atoms with Crippen molar-refractivity contribution in [3.63, 3.8) is 0 Å². The summed E-state index contributed by atoms with van der Waals surface area (Å²) in [5.74, 6) is 0.759. The molecule has 1 N–H and O–H groups in total. The van der Waals surface area contributed by atoms with Gasteiger partial charge in [-0.3, -0.25) is 14.3 Å². The van der Waals surface area contributed by atoms with Gasteiger partial charge >= 0.3 is 0 Å². The van der Waals surface area contributed by atoms with Crippen LogP contribution < -0.4 is 10.3 Å². The topological polar surface area (TPSA) is 80.5 Å². The molecule has 5 rings (SSSR count). The average molecular weight is 477 g/mol. The van der Waals surface area contributed by atoms with Crippen molar-refractivity contribution in [1.29, 1.82) is 0 Å². The Kier molecular flexibility index (Phi) is 6.10. The van der Waals surface area contributed by atoms with E-state index >= 15 is 0 Å². The molecule has 7 nitrogen and oxygen atoms in total. The van der Waals surface area contributed by atoms with E-state index in [1.807, 2.05) is 24.3 Å². The third-order valence-electron chi connectivity index (χ3n) is 6.86. The Balaban J connectivity index is 1.26. The van der Waals surface area contributed by atoms with E-state index in [0.29, 0.717) is 33.8 Å². The predicted molar refractivity (Wildman–Crippen MR) is 135 cm³/mol. The van der Waals surface area contributed by atoms with Gasteiger partial charge in [-0.2, -0.15) is 0 Å². The van der Waals surface area contributed by atoms with E-state index in [2.05, 4.69) is 28.7 Å². The SMILES string of the molecule is CCC1(CC)CN(CCOc2ccc(-n3cnc4cc(-c5ccc(O)cc5)sc4c3=O)cn2)C1. The molecule has 0 unspecified atom stereocenters. The van der Waals surface area contributed by atoms with Crippen molar-refractivity contribution in [3.05, 3.63) is 65.3 Å². The first kappa shape index (κ1) is 22.6. The van der Waals surface area contributed by atoms with Crippen LogP contribution in [0.5, 0.6) is 11.6 Å². The molecule has 4 aromatic rings. The molecule has 0 atom stereocenters. The summed E-state index contributed by atoms with van der Waals surface area (Å²) in [5, 5.41) is 9.51. The van der Waals surface area contributed by atoms with Crippen LogP contribution in [0.1, 0.15) is 26.7 Å². The highest BCUT2D eigenvalue weighted by atomic mass is 32.1. The van der Waals surface area contributed by atoms with Crippen molar-refractivity contribution >= 4 is 21.6 Å². The van der Waals surface area contributed by atoms with Crippen LogP contribution in [0.4, 0.5) is 0 Å². The number of rotatable bonds is 8. The van der Waals surface area contributed by atoms with Crippen molar-refractivity contribution in [2.75, 3.05) is 26.2 Å². The standard InChI is InChI=1S/C26H28N4O3S/c1-3-26(4-2)15-29(16-26)11-12-33-23-10-7-19(14-27-23)30-17-28-21-13-22(34-24(21)25(30)32)18-5-8-20(31)9-6-18/h5-10,13-14,17,31H,3-4,11-12,15-16H2,1-2H3. The largest absolute Gasteiger partial charge is 0.508 e. The molecule has 4 heterocycles. The van der Waals surface area contributed by atoms with Gasteiger partial charge in [-0.1, -0.05) is 13.8 Å². The van der Waals surface area contributed by atoms with Crippen LogP contribution in [-0.2, 0) is 0 Å². The van der Waals surface area contributed by atoms with Crippen LogP contribution in [0.25, 0.3) is 26.3 Å². The second-order valence-electron chi connectivity index (χ2n) is 8.91. The molecule has 1 saturated heterocycles. The number of aromatic nitrogens is 3. The third kappa shape index (κ3) is 4.31. The minimum Gasteiger partial charge on any atom is -0.508 e. The lowest BCUT2D eigenvalue weighted by Crippen LogP contribution is -2.56. The van der Waals surface area contributed by atoms with Gasteiger partial charge in [-0.05, 0) is 60.2 Å². The molecule has 1 aliphatic heterocycles. The van der Waals surface area contributed by atoms with Gasteiger partial charge < -0.3 is 9.84 Å². The zero-order chi connectivity index (χ0) is 23.7. The Morgan fingerprint density at radius 3 is 2.53 bits per heavy atom. The highest BCUT2D eigenvalue weighted by Crippen LogP contribution is 2.36. The highest BCUT2D eigenvalue weighted by molar-refractivity contribution is 7.22. The minimum absolute atomic E-state index is 0.136. The molecule has 8 heteroatoms. The van der Waals surface area contributed by atoms with Crippen molar-refractivity contribution in [1.82, 2.24) is 19.4 Å². The second-order valence-corrected chi connectivity index (χ2v) is 9.96. The molecule has 34 heavy (non-hydrogen) atoms. The Morgan fingerprint density at radius 2 is 1.85 bits per heavy atom. The summed E-state index contributed by atoms with van der Waals surface area (Å²) >= 11 is 1.39. The van der Waals surface area contributed by atoms with E-state index in [9.17, 15) is 9.90 Å². The van der Waals surface area contributed by atoms with Gasteiger partial charge in [0.15, 0.2) is 0 Å². The summed E-state index contributed by atoms with van der Waals surface area (Å²) in [6.07, 6.45) is 5.63. The number of nitrogens with zero attached hydrogens (tertiary/aromatic N) is 4. The van der Waals surface area contributed by atoms with Gasteiger partial charge in [0.05, 0.1) is 17.4 Å². The van der Waals surface area contributed by atoms with Crippen molar-refractivity contribution in [2.24, 2.45) is 5.41 Å². The van der Waals surface area contributed by atoms with E-state index in [1.54, 1.807) is 24.4 Å². The second kappa shape index (κ2) is 9.19. The molecule has 0 aliphatic carbocycles. The number of pyridine rings is 1. The fourth-order valence-corrected chi connectivity index (χ4v) is 5.55. The van der Waals surface area contributed by atoms with Gasteiger partial charge in [0.2, 0.25) is 5.88 Å². The zero-order valence-corrected chi connectivity index (χ0v) is 20.2. The molecule has 0 radical (unpaired) electrons. The van der Waals surface area contributed by atoms with Crippen LogP contribution >= 0.6 is 11.3 Å². The highest BCUT2D eigenvalue weighted by Gasteiger charge is 2.39. The van der Waals surface area contributed by atoms with Crippen molar-refractivity contribution in [3.8, 4) is 27.8 Å². The maximum Gasteiger partial charge on any atom is 0.275 e. The Morgan fingerprint density at radius 1 is 1.09 bits per heavy atom. The lowest BCUT2D eigenvalue weighted by atomic mass is 9.75. The quantitative estimate of drug-likeness (QED) is 0.397. The summed E-state index contributed by atoms with van der Waals surface area (Å²) < 4.78 is 7.91. The van der Waals surface area contributed by atoms with Crippen LogP contribution in [-0.4, -0.2) is 50.8 Å². The first-order valence-electron chi connectivity index (χ1n) is 11.6. The maximum atomic E-state index is 13.1. The number of ether oxygens (including phenoxy) is 1. The normalized spacial score (nSPS) is 15.4. The average Bonchev–Trinajstić information content (AvgIpc) is 3.27. The predicted octanol–water partition coefficient (Wildman–Crippen LogP) is 4.72. The summed E-state index contributed by atoms with van der Waals surface area (Å²) in [6, 6.07) is 12.4. The van der Waals surface area contributed by atoms with Gasteiger partial charge in [0.25, 0.3) is 5.56 Å². The molecular formula is C26H28N4O3S. The number of phenols is 1. The van der Waals surface area contributed by atoms with Crippen LogP contribution in [0.3, 0.4) is 0 Å². The monoisotopic (exact) mass is 476 g/mol. The number of hydrogen-bond acceptors (Lipinski definition) is 7. The molecule has 1 fully saturated rings. The number of aromatic hydroxyl groups is 1. The number of hydrogen-bond donors (Lipinski definition) is 1. The first-order valence-corrected chi connectivity index (χ1v) is 12.4. The van der Waals surface area contributed by atoms with Crippen molar-refractivity contribution in [2.45, 2.75) is 26.7 Å². The number of fused-ring (bicyclic) bond motifs is 1. The van der Waals surface area contributed by atoms with E-state index in [-0.39, 0.29) is 11.3 Å². The molecular weight excluding hydrogens is 448 g/mol. The number of thiophene rings is 1. The van der Waals surface area contributed by atoms with Crippen LogP contribution in [0.15, 0.2) is 59.8 Å². The van der Waals surface area contributed by atoms with E-state index < -0.39 is 0 Å². The molecule has 0 bridgehead atoms. The van der Waals surface area contributed by atoms with E-state index in [1.165, 1.54) is 35.1 Å². The molecule has 0 saturated carbocycles. The Hall–Kier alpha value is -3.23. The summed E-state index contributed by atoms with van der Waals surface area (Å²) in [5.41, 5.74) is 2.59. The zero-order valence-electron chi connectivity index (χ0n) is 19.4. The molecule has 176 valence electrons. The molecule has 1 aromatic carbocycles. The molecule has 0 amide bonds. The summed E-state index contributed by atoms with van der Waals surface area (Å²) in [7, 11) is 0.